The van der Waals surface area contributed by atoms with Crippen molar-refractivity contribution in [3.05, 3.63) is 0 Å². The van der Waals surface area contributed by atoms with Crippen molar-refractivity contribution in [3.63, 3.8) is 0 Å². The smallest absolute Gasteiger partial charge is 0.0699 e. The molecule has 0 aromatic carbocycles. The minimum absolute atomic E-state index is 0.459. The molecule has 0 aromatic heterocycles. The zero-order valence-electron chi connectivity index (χ0n) is 13.4. The molecule has 2 radical (unpaired) electrons. The fourth-order valence-electron chi connectivity index (χ4n) is 2.80. The summed E-state index contributed by atoms with van der Waals surface area (Å²) in [6, 6.07) is 0. The maximum Gasteiger partial charge on any atom is 0.0699 e. The molecule has 2 atom stereocenters. The molecular formula is C17H35B. The Morgan fingerprint density at radius 1 is 0.722 bits per heavy atom. The Kier molecular flexibility index (Phi) is 12.2. The van der Waals surface area contributed by atoms with E-state index in [0.29, 0.717) is 5.82 Å². The van der Waals surface area contributed by atoms with E-state index in [1.807, 2.05) is 0 Å². The van der Waals surface area contributed by atoms with Crippen LogP contribution in [0.5, 0.6) is 0 Å². The van der Waals surface area contributed by atoms with E-state index in [9.17, 15) is 0 Å². The second kappa shape index (κ2) is 12.1. The molecular weight excluding hydrogens is 215 g/mol. The summed E-state index contributed by atoms with van der Waals surface area (Å²) in [5, 5.41) is 0. The predicted octanol–water partition coefficient (Wildman–Crippen LogP) is 6.16. The minimum Gasteiger partial charge on any atom is -0.0774 e. The van der Waals surface area contributed by atoms with Gasteiger partial charge < -0.3 is 0 Å². The highest BCUT2D eigenvalue weighted by Crippen LogP contribution is 2.25. The zero-order valence-corrected chi connectivity index (χ0v) is 13.4. The lowest BCUT2D eigenvalue weighted by Gasteiger charge is -2.20. The summed E-state index contributed by atoms with van der Waals surface area (Å²) in [5.41, 5.74) is 0. The Hall–Kier alpha value is 0.0649. The number of hydrogen-bond donors (Lipinski definition) is 0. The Bertz CT molecular complexity index is 165. The third kappa shape index (κ3) is 10.0. The zero-order chi connectivity index (χ0) is 13.8. The fraction of sp³-hybridized carbons (Fsp3) is 1.00. The van der Waals surface area contributed by atoms with E-state index in [4.69, 9.17) is 7.85 Å². The van der Waals surface area contributed by atoms with Crippen molar-refractivity contribution < 1.29 is 0 Å². The van der Waals surface area contributed by atoms with Crippen LogP contribution in [0.25, 0.3) is 0 Å². The third-order valence-electron chi connectivity index (χ3n) is 4.18. The van der Waals surface area contributed by atoms with Crippen LogP contribution in [0, 0.1) is 11.8 Å². The molecule has 0 amide bonds. The van der Waals surface area contributed by atoms with Crippen LogP contribution < -0.4 is 0 Å². The van der Waals surface area contributed by atoms with Crippen molar-refractivity contribution in [2.45, 2.75) is 97.7 Å². The molecule has 18 heavy (non-hydrogen) atoms. The quantitative estimate of drug-likeness (QED) is 0.287. The van der Waals surface area contributed by atoms with E-state index in [0.717, 1.165) is 11.8 Å². The summed E-state index contributed by atoms with van der Waals surface area (Å²) in [7, 11) is 6.15. The van der Waals surface area contributed by atoms with Gasteiger partial charge in [0, 0.05) is 0 Å². The van der Waals surface area contributed by atoms with E-state index in [1.54, 1.807) is 0 Å². The van der Waals surface area contributed by atoms with Gasteiger partial charge in [-0.3, -0.25) is 0 Å². The summed E-state index contributed by atoms with van der Waals surface area (Å²) < 4.78 is 0. The summed E-state index contributed by atoms with van der Waals surface area (Å²) in [6.07, 6.45) is 13.3. The van der Waals surface area contributed by atoms with Gasteiger partial charge in [0.05, 0.1) is 7.85 Å². The molecule has 0 aromatic rings. The monoisotopic (exact) mass is 250 g/mol. The Labute approximate surface area is 118 Å². The average Bonchev–Trinajstić information content (AvgIpc) is 2.33. The van der Waals surface area contributed by atoms with Crippen molar-refractivity contribution in [1.82, 2.24) is 0 Å². The first-order valence-corrected chi connectivity index (χ1v) is 8.37. The van der Waals surface area contributed by atoms with Crippen molar-refractivity contribution in [2.24, 2.45) is 11.8 Å². The standard InChI is InChI=1S/C17H35B/c1-5-7-8-13-17(18)14-10-9-12-16(11-6-2)15(3)4/h15-17H,5-14H2,1-4H3. The highest BCUT2D eigenvalue weighted by atomic mass is 14.2. The first kappa shape index (κ1) is 18.1. The SMILES string of the molecule is [B]C(CCCCC)CCCCC(CCC)C(C)C. The van der Waals surface area contributed by atoms with Gasteiger partial charge in [-0.2, -0.15) is 0 Å². The summed E-state index contributed by atoms with van der Waals surface area (Å²) in [4.78, 5) is 0. The molecule has 0 aliphatic heterocycles. The van der Waals surface area contributed by atoms with Crippen molar-refractivity contribution in [2.75, 3.05) is 0 Å². The molecule has 0 heterocycles. The van der Waals surface area contributed by atoms with Gasteiger partial charge in [0.25, 0.3) is 0 Å². The second-order valence-electron chi connectivity index (χ2n) is 6.33. The minimum atomic E-state index is 0.459. The van der Waals surface area contributed by atoms with Crippen LogP contribution in [0.1, 0.15) is 91.9 Å². The maximum absolute atomic E-state index is 6.15. The molecule has 0 nitrogen and oxygen atoms in total. The maximum atomic E-state index is 6.15. The van der Waals surface area contributed by atoms with Gasteiger partial charge >= 0.3 is 0 Å². The lowest BCUT2D eigenvalue weighted by molar-refractivity contribution is 0.321. The lowest BCUT2D eigenvalue weighted by atomic mass is 9.78. The third-order valence-corrected chi connectivity index (χ3v) is 4.18. The van der Waals surface area contributed by atoms with Crippen LogP contribution >= 0.6 is 0 Å². The first-order valence-electron chi connectivity index (χ1n) is 8.37. The second-order valence-corrected chi connectivity index (χ2v) is 6.33. The summed E-state index contributed by atoms with van der Waals surface area (Å²) in [5.74, 6) is 2.25. The lowest BCUT2D eigenvalue weighted by Crippen LogP contribution is -2.08. The van der Waals surface area contributed by atoms with Gasteiger partial charge in [-0.1, -0.05) is 97.7 Å². The van der Waals surface area contributed by atoms with Gasteiger partial charge in [-0.25, -0.2) is 0 Å². The van der Waals surface area contributed by atoms with Crippen LogP contribution in [0.4, 0.5) is 0 Å². The molecule has 0 spiro atoms. The average molecular weight is 250 g/mol. The summed E-state index contributed by atoms with van der Waals surface area (Å²) >= 11 is 0. The largest absolute Gasteiger partial charge is 0.0774 e. The molecule has 1 heteroatoms. The van der Waals surface area contributed by atoms with E-state index >= 15 is 0 Å². The van der Waals surface area contributed by atoms with Crippen LogP contribution in [0.15, 0.2) is 0 Å². The molecule has 0 saturated carbocycles. The number of rotatable bonds is 12. The molecule has 0 fully saturated rings. The molecule has 2 unspecified atom stereocenters. The van der Waals surface area contributed by atoms with E-state index in [1.165, 1.54) is 64.2 Å². The highest BCUT2D eigenvalue weighted by molar-refractivity contribution is 6.11. The number of unbranched alkanes of at least 4 members (excludes halogenated alkanes) is 3. The van der Waals surface area contributed by atoms with Gasteiger partial charge in [0.2, 0.25) is 0 Å². The van der Waals surface area contributed by atoms with Crippen LogP contribution in [0.3, 0.4) is 0 Å². The topological polar surface area (TPSA) is 0 Å². The van der Waals surface area contributed by atoms with Crippen LogP contribution in [0.2, 0.25) is 5.82 Å². The Morgan fingerprint density at radius 2 is 1.28 bits per heavy atom. The molecule has 0 aliphatic rings. The van der Waals surface area contributed by atoms with Crippen molar-refractivity contribution >= 4 is 7.85 Å². The molecule has 0 aliphatic carbocycles. The fourth-order valence-corrected chi connectivity index (χ4v) is 2.80. The molecule has 106 valence electrons. The molecule has 0 saturated heterocycles. The van der Waals surface area contributed by atoms with E-state index < -0.39 is 0 Å². The van der Waals surface area contributed by atoms with Crippen LogP contribution in [-0.4, -0.2) is 7.85 Å². The molecule has 0 rings (SSSR count). The Morgan fingerprint density at radius 3 is 1.78 bits per heavy atom. The first-order chi connectivity index (χ1) is 8.61. The van der Waals surface area contributed by atoms with Crippen molar-refractivity contribution in [1.29, 1.82) is 0 Å². The highest BCUT2D eigenvalue weighted by Gasteiger charge is 2.11. The molecule has 0 N–H and O–H groups in total. The van der Waals surface area contributed by atoms with Gasteiger partial charge in [0.1, 0.15) is 0 Å². The van der Waals surface area contributed by atoms with E-state index in [-0.39, 0.29) is 0 Å². The van der Waals surface area contributed by atoms with E-state index in [2.05, 4.69) is 27.7 Å². The van der Waals surface area contributed by atoms with Gasteiger partial charge in [-0.15, -0.1) is 0 Å². The number of hydrogen-bond acceptors (Lipinski definition) is 0. The molecule has 0 bridgehead atoms. The Balaban J connectivity index is 3.52. The van der Waals surface area contributed by atoms with Gasteiger partial charge in [-0.05, 0) is 11.8 Å². The van der Waals surface area contributed by atoms with Gasteiger partial charge in [0.15, 0.2) is 0 Å². The van der Waals surface area contributed by atoms with Crippen LogP contribution in [-0.2, 0) is 0 Å². The normalized spacial score (nSPS) is 14.9. The van der Waals surface area contributed by atoms with Crippen molar-refractivity contribution in [3.8, 4) is 0 Å². The predicted molar refractivity (Wildman–Crippen MR) is 85.4 cm³/mol. The summed E-state index contributed by atoms with van der Waals surface area (Å²) in [6.45, 7) is 9.30.